The molecule has 2 aliphatic rings. The number of hydrogen-bond donors (Lipinski definition) is 1. The highest BCUT2D eigenvalue weighted by atomic mass is 16.5. The minimum atomic E-state index is -0.450. The number of nitrogens with zero attached hydrogens (tertiary/aromatic N) is 2. The number of aryl methyl sites for hydroxylation is 1. The van der Waals surface area contributed by atoms with Crippen molar-refractivity contribution in [2.75, 3.05) is 13.1 Å². The lowest BCUT2D eigenvalue weighted by atomic mass is 9.84. The van der Waals surface area contributed by atoms with Gasteiger partial charge in [-0.25, -0.2) is 0 Å². The predicted molar refractivity (Wildman–Crippen MR) is 68.4 cm³/mol. The molecule has 0 radical (unpaired) electrons. The first kappa shape index (κ1) is 12.7. The van der Waals surface area contributed by atoms with Crippen LogP contribution in [-0.4, -0.2) is 40.3 Å². The van der Waals surface area contributed by atoms with Crippen LogP contribution in [0.5, 0.6) is 0 Å². The zero-order valence-corrected chi connectivity index (χ0v) is 11.2. The van der Waals surface area contributed by atoms with Gasteiger partial charge in [-0.05, 0) is 19.8 Å². The zero-order valence-electron chi connectivity index (χ0n) is 11.2. The lowest BCUT2D eigenvalue weighted by Gasteiger charge is -2.29. The summed E-state index contributed by atoms with van der Waals surface area (Å²) in [4.78, 5) is 14.0. The van der Waals surface area contributed by atoms with Crippen molar-refractivity contribution in [3.8, 4) is 0 Å². The van der Waals surface area contributed by atoms with E-state index in [0.29, 0.717) is 19.5 Å². The minimum Gasteiger partial charge on any atom is -0.391 e. The van der Waals surface area contributed by atoms with E-state index in [1.54, 1.807) is 0 Å². The number of aliphatic hydroxyl groups is 1. The highest BCUT2D eigenvalue weighted by molar-refractivity contribution is 5.80. The zero-order chi connectivity index (χ0) is 13.4. The van der Waals surface area contributed by atoms with Crippen LogP contribution in [0.2, 0.25) is 0 Å². The quantitative estimate of drug-likeness (QED) is 0.889. The SMILES string of the molecule is Cc1cc(C[C@@H]2CN(C(=O)C3CCC3)C[C@@H]2O)on1. The summed E-state index contributed by atoms with van der Waals surface area (Å²) in [6.45, 7) is 2.98. The summed E-state index contributed by atoms with van der Waals surface area (Å²) in [6, 6.07) is 1.89. The van der Waals surface area contributed by atoms with Gasteiger partial charge in [0.05, 0.1) is 11.8 Å². The van der Waals surface area contributed by atoms with Gasteiger partial charge in [-0.2, -0.15) is 0 Å². The first-order chi connectivity index (χ1) is 9.13. The highest BCUT2D eigenvalue weighted by Gasteiger charge is 2.38. The molecule has 1 saturated carbocycles. The molecule has 0 spiro atoms. The van der Waals surface area contributed by atoms with Crippen molar-refractivity contribution < 1.29 is 14.4 Å². The normalized spacial score (nSPS) is 27.6. The molecule has 1 aromatic rings. The number of carbonyl (C=O) groups excluding carboxylic acids is 1. The lowest BCUT2D eigenvalue weighted by molar-refractivity contribution is -0.137. The van der Waals surface area contributed by atoms with E-state index < -0.39 is 6.10 Å². The van der Waals surface area contributed by atoms with Gasteiger partial charge in [0, 0.05) is 37.4 Å². The minimum absolute atomic E-state index is 0.0661. The summed E-state index contributed by atoms with van der Waals surface area (Å²) in [5, 5.41) is 13.9. The standard InChI is InChI=1S/C14H20N2O3/c1-9-5-12(19-15-9)6-11-7-16(8-13(11)17)14(18)10-3-2-4-10/h5,10-11,13,17H,2-4,6-8H2,1H3/t11-,13+/m1/s1. The average Bonchev–Trinajstić information content (AvgIpc) is 2.85. The molecule has 3 rings (SSSR count). The third-order valence-electron chi connectivity index (χ3n) is 4.31. The number of aromatic nitrogens is 1. The van der Waals surface area contributed by atoms with Crippen LogP contribution in [0, 0.1) is 18.8 Å². The first-order valence-electron chi connectivity index (χ1n) is 7.02. The Morgan fingerprint density at radius 2 is 2.32 bits per heavy atom. The molecule has 1 saturated heterocycles. The number of amides is 1. The third-order valence-corrected chi connectivity index (χ3v) is 4.31. The van der Waals surface area contributed by atoms with Gasteiger partial charge in [0.1, 0.15) is 5.76 Å². The maximum absolute atomic E-state index is 12.2. The Bertz CT molecular complexity index is 467. The predicted octanol–water partition coefficient (Wildman–Crippen LogP) is 1.14. The van der Waals surface area contributed by atoms with Crippen LogP contribution in [0.3, 0.4) is 0 Å². The molecule has 0 aromatic carbocycles. The Morgan fingerprint density at radius 3 is 2.89 bits per heavy atom. The van der Waals surface area contributed by atoms with Crippen LogP contribution < -0.4 is 0 Å². The Kier molecular flexibility index (Phi) is 3.31. The topological polar surface area (TPSA) is 66.6 Å². The average molecular weight is 264 g/mol. The smallest absolute Gasteiger partial charge is 0.225 e. The monoisotopic (exact) mass is 264 g/mol. The number of hydrogen-bond acceptors (Lipinski definition) is 4. The van der Waals surface area contributed by atoms with Crippen LogP contribution in [0.25, 0.3) is 0 Å². The second-order valence-electron chi connectivity index (χ2n) is 5.84. The largest absolute Gasteiger partial charge is 0.391 e. The van der Waals surface area contributed by atoms with Gasteiger partial charge in [-0.3, -0.25) is 4.79 Å². The van der Waals surface area contributed by atoms with E-state index in [1.165, 1.54) is 0 Å². The number of β-amino-alcohol motifs (C(OH)–C–C–N with tert-alkyl or cyclic N) is 1. The van der Waals surface area contributed by atoms with Gasteiger partial charge in [-0.15, -0.1) is 0 Å². The van der Waals surface area contributed by atoms with E-state index >= 15 is 0 Å². The number of rotatable bonds is 3. The van der Waals surface area contributed by atoms with Crippen LogP contribution in [0.4, 0.5) is 0 Å². The van der Waals surface area contributed by atoms with E-state index in [1.807, 2.05) is 17.9 Å². The Hall–Kier alpha value is -1.36. The van der Waals surface area contributed by atoms with Crippen LogP contribution >= 0.6 is 0 Å². The van der Waals surface area contributed by atoms with E-state index in [2.05, 4.69) is 5.16 Å². The third kappa shape index (κ3) is 2.52. The summed E-state index contributed by atoms with van der Waals surface area (Å²) in [7, 11) is 0. The van der Waals surface area contributed by atoms with Crippen molar-refractivity contribution in [1.82, 2.24) is 10.1 Å². The molecule has 1 aromatic heterocycles. The Balaban J connectivity index is 1.60. The van der Waals surface area contributed by atoms with Gasteiger partial charge in [0.25, 0.3) is 0 Å². The summed E-state index contributed by atoms with van der Waals surface area (Å²) in [6.07, 6.45) is 3.38. The molecule has 2 atom stereocenters. The van der Waals surface area contributed by atoms with Crippen molar-refractivity contribution in [3.05, 3.63) is 17.5 Å². The molecule has 1 amide bonds. The van der Waals surface area contributed by atoms with Gasteiger partial charge < -0.3 is 14.5 Å². The summed E-state index contributed by atoms with van der Waals surface area (Å²) in [5.41, 5.74) is 0.852. The van der Waals surface area contributed by atoms with Crippen molar-refractivity contribution >= 4 is 5.91 Å². The molecule has 104 valence electrons. The molecule has 0 bridgehead atoms. The van der Waals surface area contributed by atoms with Crippen molar-refractivity contribution in [1.29, 1.82) is 0 Å². The van der Waals surface area contributed by atoms with E-state index in [4.69, 9.17) is 4.52 Å². The van der Waals surface area contributed by atoms with Gasteiger partial charge >= 0.3 is 0 Å². The Morgan fingerprint density at radius 1 is 1.53 bits per heavy atom. The second kappa shape index (κ2) is 4.96. The summed E-state index contributed by atoms with van der Waals surface area (Å²) in [5.74, 6) is 1.29. The van der Waals surface area contributed by atoms with E-state index in [0.717, 1.165) is 30.7 Å². The van der Waals surface area contributed by atoms with E-state index in [-0.39, 0.29) is 17.7 Å². The fourth-order valence-electron chi connectivity index (χ4n) is 2.92. The summed E-state index contributed by atoms with van der Waals surface area (Å²) >= 11 is 0. The summed E-state index contributed by atoms with van der Waals surface area (Å²) < 4.78 is 5.19. The molecular formula is C14H20N2O3. The molecule has 5 nitrogen and oxygen atoms in total. The van der Waals surface area contributed by atoms with Crippen molar-refractivity contribution in [2.45, 2.75) is 38.7 Å². The van der Waals surface area contributed by atoms with E-state index in [9.17, 15) is 9.90 Å². The number of carbonyl (C=O) groups is 1. The Labute approximate surface area is 112 Å². The fraction of sp³-hybridized carbons (Fsp3) is 0.714. The van der Waals surface area contributed by atoms with Crippen LogP contribution in [-0.2, 0) is 11.2 Å². The van der Waals surface area contributed by atoms with Crippen molar-refractivity contribution in [3.63, 3.8) is 0 Å². The number of aliphatic hydroxyl groups excluding tert-OH is 1. The lowest BCUT2D eigenvalue weighted by Crippen LogP contribution is -2.37. The molecule has 0 unspecified atom stereocenters. The maximum atomic E-state index is 12.2. The maximum Gasteiger partial charge on any atom is 0.225 e. The van der Waals surface area contributed by atoms with Crippen LogP contribution in [0.1, 0.15) is 30.7 Å². The molecule has 2 heterocycles. The molecule has 2 fully saturated rings. The number of likely N-dealkylation sites (tertiary alicyclic amines) is 1. The van der Waals surface area contributed by atoms with Crippen LogP contribution in [0.15, 0.2) is 10.6 Å². The molecule has 19 heavy (non-hydrogen) atoms. The van der Waals surface area contributed by atoms with Gasteiger partial charge in [0.15, 0.2) is 0 Å². The fourth-order valence-corrected chi connectivity index (χ4v) is 2.92. The second-order valence-corrected chi connectivity index (χ2v) is 5.84. The van der Waals surface area contributed by atoms with Gasteiger partial charge in [0.2, 0.25) is 5.91 Å². The van der Waals surface area contributed by atoms with Gasteiger partial charge in [-0.1, -0.05) is 11.6 Å². The molecule has 1 aliphatic heterocycles. The molecular weight excluding hydrogens is 244 g/mol. The van der Waals surface area contributed by atoms with Crippen molar-refractivity contribution in [2.24, 2.45) is 11.8 Å². The molecule has 5 heteroatoms. The molecule has 1 N–H and O–H groups in total. The molecule has 1 aliphatic carbocycles. The first-order valence-corrected chi connectivity index (χ1v) is 7.02. The highest BCUT2D eigenvalue weighted by Crippen LogP contribution is 2.31.